The van der Waals surface area contributed by atoms with Crippen LogP contribution in [0.15, 0.2) is 25.3 Å². The van der Waals surface area contributed by atoms with Gasteiger partial charge in [-0.15, -0.1) is 0 Å². The molecule has 110 valence electrons. The van der Waals surface area contributed by atoms with Crippen LogP contribution in [0.3, 0.4) is 0 Å². The van der Waals surface area contributed by atoms with E-state index in [1.165, 1.54) is 0 Å². The van der Waals surface area contributed by atoms with Crippen LogP contribution in [-0.2, 0) is 23.8 Å². The molecule has 19 heavy (non-hydrogen) atoms. The molecule has 0 aliphatic carbocycles. The number of carbonyl (C=O) groups is 2. The molecule has 0 aromatic heterocycles. The number of hydrogen-bond donors (Lipinski definition) is 2. The molecule has 0 radical (unpaired) electrons. The fourth-order valence-electron chi connectivity index (χ4n) is 0.689. The van der Waals surface area contributed by atoms with Gasteiger partial charge in [-0.2, -0.15) is 0 Å². The van der Waals surface area contributed by atoms with Gasteiger partial charge >= 0.3 is 11.9 Å². The predicted octanol–water partition coefficient (Wildman–Crippen LogP) is -0.222. The van der Waals surface area contributed by atoms with E-state index in [4.69, 9.17) is 19.7 Å². The van der Waals surface area contributed by atoms with Gasteiger partial charge in [0.25, 0.3) is 0 Å². The fraction of sp³-hybridized carbons (Fsp3) is 0.500. The van der Waals surface area contributed by atoms with Crippen molar-refractivity contribution in [3.05, 3.63) is 25.3 Å². The molecular formula is C12H20O7. The Hall–Kier alpha value is -1.70. The molecular weight excluding hydrogens is 256 g/mol. The minimum absolute atomic E-state index is 0.125. The van der Waals surface area contributed by atoms with Crippen molar-refractivity contribution in [2.75, 3.05) is 26.4 Å². The van der Waals surface area contributed by atoms with Crippen LogP contribution in [0.25, 0.3) is 0 Å². The molecule has 0 heterocycles. The Balaban J connectivity index is 0. The van der Waals surface area contributed by atoms with Crippen LogP contribution in [0.4, 0.5) is 0 Å². The van der Waals surface area contributed by atoms with Gasteiger partial charge in [0.15, 0.2) is 6.61 Å². The lowest BCUT2D eigenvalue weighted by Crippen LogP contribution is -2.27. The highest BCUT2D eigenvalue weighted by Gasteiger charge is 2.14. The lowest BCUT2D eigenvalue weighted by molar-refractivity contribution is -0.187. The lowest BCUT2D eigenvalue weighted by atomic mass is 10.6. The van der Waals surface area contributed by atoms with Crippen LogP contribution in [0.1, 0.15) is 6.92 Å². The second-order valence-corrected chi connectivity index (χ2v) is 2.81. The summed E-state index contributed by atoms with van der Waals surface area (Å²) in [6, 6.07) is 0. The Morgan fingerprint density at radius 1 is 1.16 bits per heavy atom. The van der Waals surface area contributed by atoms with Gasteiger partial charge in [0.1, 0.15) is 0 Å². The minimum atomic E-state index is -0.913. The number of aliphatic hydroxyl groups is 2. The number of aliphatic hydroxyl groups excluding tert-OH is 2. The van der Waals surface area contributed by atoms with Gasteiger partial charge in [-0.05, 0) is 6.92 Å². The SMILES string of the molecule is C=CC(=O)OCC(OCC)OC(=O)C=C.OCCO. The maximum atomic E-state index is 10.8. The molecule has 0 saturated heterocycles. The van der Waals surface area contributed by atoms with Crippen molar-refractivity contribution in [1.29, 1.82) is 0 Å². The molecule has 0 amide bonds. The van der Waals surface area contributed by atoms with E-state index >= 15 is 0 Å². The van der Waals surface area contributed by atoms with E-state index < -0.39 is 18.2 Å². The first-order valence-corrected chi connectivity index (χ1v) is 5.51. The van der Waals surface area contributed by atoms with E-state index in [2.05, 4.69) is 17.9 Å². The number of ether oxygens (including phenoxy) is 3. The van der Waals surface area contributed by atoms with Crippen molar-refractivity contribution in [3.63, 3.8) is 0 Å². The molecule has 1 atom stereocenters. The summed E-state index contributed by atoms with van der Waals surface area (Å²) in [5.74, 6) is -1.24. The summed E-state index contributed by atoms with van der Waals surface area (Å²) < 4.78 is 14.4. The highest BCUT2D eigenvalue weighted by molar-refractivity contribution is 5.82. The summed E-state index contributed by atoms with van der Waals surface area (Å²) in [7, 11) is 0. The summed E-state index contributed by atoms with van der Waals surface area (Å²) in [6.07, 6.45) is 1.10. The van der Waals surface area contributed by atoms with E-state index in [0.717, 1.165) is 12.2 Å². The Morgan fingerprint density at radius 2 is 1.68 bits per heavy atom. The van der Waals surface area contributed by atoms with Gasteiger partial charge in [-0.1, -0.05) is 13.2 Å². The van der Waals surface area contributed by atoms with Crippen molar-refractivity contribution in [3.8, 4) is 0 Å². The van der Waals surface area contributed by atoms with E-state index in [0.29, 0.717) is 6.61 Å². The van der Waals surface area contributed by atoms with Crippen molar-refractivity contribution < 1.29 is 34.0 Å². The summed E-state index contributed by atoms with van der Waals surface area (Å²) in [5, 5.41) is 15.2. The number of hydrogen-bond acceptors (Lipinski definition) is 7. The fourth-order valence-corrected chi connectivity index (χ4v) is 0.689. The first-order chi connectivity index (χ1) is 9.05. The van der Waals surface area contributed by atoms with Crippen LogP contribution in [0.2, 0.25) is 0 Å². The van der Waals surface area contributed by atoms with E-state index in [9.17, 15) is 9.59 Å². The maximum Gasteiger partial charge on any atom is 0.332 e. The highest BCUT2D eigenvalue weighted by Crippen LogP contribution is 1.98. The molecule has 0 bridgehead atoms. The largest absolute Gasteiger partial charge is 0.456 e. The first-order valence-electron chi connectivity index (χ1n) is 5.51. The zero-order valence-electron chi connectivity index (χ0n) is 10.9. The number of rotatable bonds is 8. The maximum absolute atomic E-state index is 10.8. The zero-order valence-corrected chi connectivity index (χ0v) is 10.9. The standard InChI is InChI=1S/C10H14O5.C2H6O2/c1-4-8(11)14-7-10(13-6-3)15-9(12)5-2;3-1-2-4/h4-5,10H,1-2,6-7H2,3H3;3-4H,1-2H2. The van der Waals surface area contributed by atoms with Gasteiger partial charge < -0.3 is 24.4 Å². The molecule has 7 heteroatoms. The van der Waals surface area contributed by atoms with Crippen LogP contribution < -0.4 is 0 Å². The molecule has 0 spiro atoms. The van der Waals surface area contributed by atoms with Crippen molar-refractivity contribution in [2.45, 2.75) is 13.2 Å². The molecule has 0 rings (SSSR count). The Kier molecular flexibility index (Phi) is 14.8. The summed E-state index contributed by atoms with van der Waals surface area (Å²) in [5.41, 5.74) is 0. The monoisotopic (exact) mass is 276 g/mol. The van der Waals surface area contributed by atoms with Gasteiger partial charge in [0, 0.05) is 18.8 Å². The van der Waals surface area contributed by atoms with Gasteiger partial charge in [0.05, 0.1) is 13.2 Å². The van der Waals surface area contributed by atoms with E-state index in [1.54, 1.807) is 6.92 Å². The molecule has 0 aliphatic rings. The third kappa shape index (κ3) is 14.2. The molecule has 1 unspecified atom stereocenters. The zero-order chi connectivity index (χ0) is 15.1. The van der Waals surface area contributed by atoms with Gasteiger partial charge in [-0.3, -0.25) is 0 Å². The minimum Gasteiger partial charge on any atom is -0.456 e. The van der Waals surface area contributed by atoms with Crippen LogP contribution >= 0.6 is 0 Å². The first kappa shape index (κ1) is 19.6. The van der Waals surface area contributed by atoms with Crippen molar-refractivity contribution in [2.24, 2.45) is 0 Å². The second-order valence-electron chi connectivity index (χ2n) is 2.81. The number of esters is 2. The number of carbonyl (C=O) groups excluding carboxylic acids is 2. The Bertz CT molecular complexity index is 273. The van der Waals surface area contributed by atoms with E-state index in [-0.39, 0.29) is 19.8 Å². The quantitative estimate of drug-likeness (QED) is 0.359. The lowest BCUT2D eigenvalue weighted by Gasteiger charge is -2.15. The molecule has 0 aromatic carbocycles. The third-order valence-corrected chi connectivity index (χ3v) is 1.40. The van der Waals surface area contributed by atoms with Crippen LogP contribution in [0, 0.1) is 0 Å². The van der Waals surface area contributed by atoms with Crippen molar-refractivity contribution in [1.82, 2.24) is 0 Å². The summed E-state index contributed by atoms with van der Waals surface area (Å²) in [6.45, 7) is 8.10. The molecule has 0 aliphatic heterocycles. The molecule has 0 saturated carbocycles. The van der Waals surface area contributed by atoms with Gasteiger partial charge in [-0.25, -0.2) is 9.59 Å². The average molecular weight is 276 g/mol. The molecule has 2 N–H and O–H groups in total. The van der Waals surface area contributed by atoms with E-state index in [1.807, 2.05) is 0 Å². The van der Waals surface area contributed by atoms with Crippen LogP contribution in [0.5, 0.6) is 0 Å². The van der Waals surface area contributed by atoms with Gasteiger partial charge in [0.2, 0.25) is 6.29 Å². The third-order valence-electron chi connectivity index (χ3n) is 1.40. The molecule has 0 aromatic rings. The predicted molar refractivity (Wildman–Crippen MR) is 67.0 cm³/mol. The Morgan fingerprint density at radius 3 is 2.05 bits per heavy atom. The summed E-state index contributed by atoms with van der Waals surface area (Å²) in [4.78, 5) is 21.5. The highest BCUT2D eigenvalue weighted by atomic mass is 16.7. The topological polar surface area (TPSA) is 102 Å². The Labute approximate surface area is 112 Å². The molecule has 0 fully saturated rings. The average Bonchev–Trinajstić information content (AvgIpc) is 2.44. The second kappa shape index (κ2) is 14.4. The molecule has 7 nitrogen and oxygen atoms in total. The smallest absolute Gasteiger partial charge is 0.332 e. The van der Waals surface area contributed by atoms with Crippen molar-refractivity contribution >= 4 is 11.9 Å². The summed E-state index contributed by atoms with van der Waals surface area (Å²) >= 11 is 0. The normalized spacial score (nSPS) is 10.5. The van der Waals surface area contributed by atoms with Crippen LogP contribution in [-0.4, -0.2) is 54.9 Å².